The van der Waals surface area contributed by atoms with Crippen LogP contribution in [0.5, 0.6) is 0 Å². The molecule has 0 bridgehead atoms. The van der Waals surface area contributed by atoms with E-state index in [-0.39, 0.29) is 12.5 Å². The molecule has 0 saturated heterocycles. The summed E-state index contributed by atoms with van der Waals surface area (Å²) in [7, 11) is 0. The number of rotatable bonds is 3. The molecule has 0 fully saturated rings. The van der Waals surface area contributed by atoms with Gasteiger partial charge in [-0.2, -0.15) is 5.10 Å². The molecule has 13 heavy (non-hydrogen) atoms. The zero-order valence-electron chi connectivity index (χ0n) is 7.45. The first-order chi connectivity index (χ1) is 6.27. The second kappa shape index (κ2) is 4.31. The van der Waals surface area contributed by atoms with Crippen molar-refractivity contribution in [1.82, 2.24) is 15.1 Å². The Morgan fingerprint density at radius 2 is 2.62 bits per heavy atom. The number of amides is 1. The molecule has 0 aliphatic carbocycles. The number of nitrogens with one attached hydrogen (secondary N) is 1. The van der Waals surface area contributed by atoms with Crippen molar-refractivity contribution in [2.24, 2.45) is 0 Å². The zero-order valence-corrected chi connectivity index (χ0v) is 7.45. The van der Waals surface area contributed by atoms with E-state index in [1.165, 1.54) is 0 Å². The van der Waals surface area contributed by atoms with Crippen LogP contribution < -0.4 is 5.32 Å². The number of carbonyl (C=O) groups excluding carboxylic acids is 1. The average molecular weight is 177 g/mol. The lowest BCUT2D eigenvalue weighted by molar-refractivity contribution is 0.0953. The molecular formula is C9H11N3O. The summed E-state index contributed by atoms with van der Waals surface area (Å²) in [4.78, 5) is 11.3. The van der Waals surface area contributed by atoms with E-state index in [0.717, 1.165) is 6.54 Å². The fourth-order valence-electron chi connectivity index (χ4n) is 0.881. The topological polar surface area (TPSA) is 46.9 Å². The molecule has 0 aliphatic heterocycles. The number of aryl methyl sites for hydroxylation is 1. The van der Waals surface area contributed by atoms with Crippen molar-refractivity contribution < 1.29 is 4.79 Å². The van der Waals surface area contributed by atoms with E-state index in [0.29, 0.717) is 5.69 Å². The van der Waals surface area contributed by atoms with E-state index in [1.54, 1.807) is 16.9 Å². The molecule has 1 rings (SSSR count). The Morgan fingerprint density at radius 3 is 3.15 bits per heavy atom. The van der Waals surface area contributed by atoms with E-state index >= 15 is 0 Å². The summed E-state index contributed by atoms with van der Waals surface area (Å²) in [6, 6.07) is 1.66. The molecule has 0 aliphatic rings. The minimum Gasteiger partial charge on any atom is -0.340 e. The van der Waals surface area contributed by atoms with Gasteiger partial charge < -0.3 is 5.32 Å². The van der Waals surface area contributed by atoms with E-state index in [1.807, 2.05) is 6.92 Å². The van der Waals surface area contributed by atoms with Gasteiger partial charge in [0.15, 0.2) is 0 Å². The maximum absolute atomic E-state index is 11.3. The number of terminal acetylenes is 1. The van der Waals surface area contributed by atoms with Gasteiger partial charge in [0.25, 0.3) is 5.91 Å². The molecule has 0 atom stereocenters. The molecule has 0 saturated carbocycles. The Labute approximate surface area is 76.9 Å². The van der Waals surface area contributed by atoms with Crippen LogP contribution in [-0.4, -0.2) is 22.2 Å². The number of carbonyl (C=O) groups is 1. The van der Waals surface area contributed by atoms with Gasteiger partial charge in [-0.25, -0.2) is 0 Å². The number of aromatic nitrogens is 2. The van der Waals surface area contributed by atoms with Crippen LogP contribution in [0.4, 0.5) is 0 Å². The van der Waals surface area contributed by atoms with Crippen LogP contribution >= 0.6 is 0 Å². The Hall–Kier alpha value is -1.76. The third-order valence-electron chi connectivity index (χ3n) is 1.55. The largest absolute Gasteiger partial charge is 0.340 e. The number of hydrogen-bond acceptors (Lipinski definition) is 2. The van der Waals surface area contributed by atoms with Crippen molar-refractivity contribution in [3.63, 3.8) is 0 Å². The Kier molecular flexibility index (Phi) is 3.09. The van der Waals surface area contributed by atoms with E-state index < -0.39 is 0 Å². The monoisotopic (exact) mass is 177 g/mol. The van der Waals surface area contributed by atoms with Crippen LogP contribution in [-0.2, 0) is 6.54 Å². The number of nitrogens with zero attached hydrogens (tertiary/aromatic N) is 2. The van der Waals surface area contributed by atoms with Crippen molar-refractivity contribution in [2.75, 3.05) is 6.54 Å². The molecule has 1 aromatic rings. The molecule has 0 radical (unpaired) electrons. The molecule has 4 heteroatoms. The quantitative estimate of drug-likeness (QED) is 0.673. The molecule has 1 N–H and O–H groups in total. The van der Waals surface area contributed by atoms with Crippen LogP contribution in [0.2, 0.25) is 0 Å². The Morgan fingerprint density at radius 1 is 1.85 bits per heavy atom. The van der Waals surface area contributed by atoms with Crippen LogP contribution in [0.15, 0.2) is 12.3 Å². The Bertz CT molecular complexity index is 335. The lowest BCUT2D eigenvalue weighted by Crippen LogP contribution is -2.24. The van der Waals surface area contributed by atoms with Gasteiger partial charge in [0, 0.05) is 12.7 Å². The predicted molar refractivity (Wildman–Crippen MR) is 49.1 cm³/mol. The lowest BCUT2D eigenvalue weighted by Gasteiger charge is -1.96. The van der Waals surface area contributed by atoms with Gasteiger partial charge in [-0.3, -0.25) is 9.48 Å². The number of hydrogen-bond donors (Lipinski definition) is 1. The molecule has 0 aromatic carbocycles. The van der Waals surface area contributed by atoms with Gasteiger partial charge in [-0.1, -0.05) is 5.92 Å². The van der Waals surface area contributed by atoms with Crippen molar-refractivity contribution in [3.05, 3.63) is 18.0 Å². The second-order valence-corrected chi connectivity index (χ2v) is 2.44. The zero-order chi connectivity index (χ0) is 9.68. The van der Waals surface area contributed by atoms with Crippen LogP contribution in [0, 0.1) is 12.3 Å². The standard InChI is InChI=1S/C9H11N3O/c1-3-6-10-9(13)8-5-7-12(4-2)11-8/h1,5,7H,4,6H2,2H3,(H,10,13). The second-order valence-electron chi connectivity index (χ2n) is 2.44. The van der Waals surface area contributed by atoms with E-state index in [2.05, 4.69) is 16.3 Å². The molecule has 0 unspecified atom stereocenters. The fourth-order valence-corrected chi connectivity index (χ4v) is 0.881. The average Bonchev–Trinajstić information content (AvgIpc) is 2.62. The van der Waals surface area contributed by atoms with Crippen molar-refractivity contribution >= 4 is 5.91 Å². The summed E-state index contributed by atoms with van der Waals surface area (Å²) < 4.78 is 1.69. The van der Waals surface area contributed by atoms with Gasteiger partial charge in [0.05, 0.1) is 6.54 Å². The summed E-state index contributed by atoms with van der Waals surface area (Å²) in [5.41, 5.74) is 0.400. The SMILES string of the molecule is C#CCNC(=O)c1ccn(CC)n1. The van der Waals surface area contributed by atoms with Crippen molar-refractivity contribution in [2.45, 2.75) is 13.5 Å². The van der Waals surface area contributed by atoms with Crippen molar-refractivity contribution in [1.29, 1.82) is 0 Å². The highest BCUT2D eigenvalue weighted by Crippen LogP contribution is 1.94. The maximum atomic E-state index is 11.3. The first-order valence-electron chi connectivity index (χ1n) is 4.03. The minimum atomic E-state index is -0.231. The summed E-state index contributed by atoms with van der Waals surface area (Å²) in [5.74, 6) is 2.09. The third-order valence-corrected chi connectivity index (χ3v) is 1.55. The molecule has 4 nitrogen and oxygen atoms in total. The highest BCUT2D eigenvalue weighted by Gasteiger charge is 2.06. The Balaban J connectivity index is 2.62. The first-order valence-corrected chi connectivity index (χ1v) is 4.03. The molecule has 1 aromatic heterocycles. The highest BCUT2D eigenvalue weighted by atomic mass is 16.1. The van der Waals surface area contributed by atoms with Gasteiger partial charge in [-0.15, -0.1) is 6.42 Å². The van der Waals surface area contributed by atoms with Gasteiger partial charge in [0.2, 0.25) is 0 Å². The third kappa shape index (κ3) is 2.34. The van der Waals surface area contributed by atoms with Gasteiger partial charge in [-0.05, 0) is 13.0 Å². The normalized spacial score (nSPS) is 9.23. The van der Waals surface area contributed by atoms with Crippen LogP contribution in [0.3, 0.4) is 0 Å². The lowest BCUT2D eigenvalue weighted by atomic mass is 10.4. The minimum absolute atomic E-state index is 0.231. The molecule has 68 valence electrons. The fraction of sp³-hybridized carbons (Fsp3) is 0.333. The smallest absolute Gasteiger partial charge is 0.272 e. The first kappa shape index (κ1) is 9.33. The van der Waals surface area contributed by atoms with E-state index in [4.69, 9.17) is 6.42 Å². The summed E-state index contributed by atoms with van der Waals surface area (Å²) in [6.07, 6.45) is 6.75. The summed E-state index contributed by atoms with van der Waals surface area (Å²) >= 11 is 0. The summed E-state index contributed by atoms with van der Waals surface area (Å²) in [5, 5.41) is 6.55. The molecule has 1 amide bonds. The van der Waals surface area contributed by atoms with E-state index in [9.17, 15) is 4.79 Å². The van der Waals surface area contributed by atoms with Gasteiger partial charge >= 0.3 is 0 Å². The molecule has 1 heterocycles. The molecule has 0 spiro atoms. The summed E-state index contributed by atoms with van der Waals surface area (Å²) in [6.45, 7) is 2.94. The van der Waals surface area contributed by atoms with Crippen molar-refractivity contribution in [3.8, 4) is 12.3 Å². The predicted octanol–water partition coefficient (Wildman–Crippen LogP) is 0.266. The maximum Gasteiger partial charge on any atom is 0.272 e. The van der Waals surface area contributed by atoms with Gasteiger partial charge in [0.1, 0.15) is 5.69 Å². The van der Waals surface area contributed by atoms with Crippen LogP contribution in [0.25, 0.3) is 0 Å². The van der Waals surface area contributed by atoms with Crippen LogP contribution in [0.1, 0.15) is 17.4 Å². The molecular weight excluding hydrogens is 166 g/mol. The highest BCUT2D eigenvalue weighted by molar-refractivity contribution is 5.92.